The SMILES string of the molecule is Cc1cccc(Oc2ccccc2NC(=O)c2cc(C3CC3)on2)c1. The van der Waals surface area contributed by atoms with Crippen molar-refractivity contribution in [3.05, 3.63) is 71.6 Å². The third-order valence-corrected chi connectivity index (χ3v) is 4.09. The monoisotopic (exact) mass is 334 g/mol. The average Bonchev–Trinajstić information content (AvgIpc) is 3.33. The van der Waals surface area contributed by atoms with E-state index < -0.39 is 0 Å². The van der Waals surface area contributed by atoms with Crippen molar-refractivity contribution in [2.75, 3.05) is 5.32 Å². The van der Waals surface area contributed by atoms with E-state index in [1.165, 1.54) is 0 Å². The van der Waals surface area contributed by atoms with Crippen LogP contribution in [-0.4, -0.2) is 11.1 Å². The summed E-state index contributed by atoms with van der Waals surface area (Å²) in [5.74, 6) is 2.20. The largest absolute Gasteiger partial charge is 0.455 e. The van der Waals surface area contributed by atoms with Crippen molar-refractivity contribution in [1.29, 1.82) is 0 Å². The lowest BCUT2D eigenvalue weighted by molar-refractivity contribution is 0.101. The number of nitrogens with one attached hydrogen (secondary N) is 1. The van der Waals surface area contributed by atoms with Gasteiger partial charge in [0.2, 0.25) is 0 Å². The molecule has 0 radical (unpaired) electrons. The van der Waals surface area contributed by atoms with Gasteiger partial charge in [-0.15, -0.1) is 0 Å². The molecule has 1 heterocycles. The highest BCUT2D eigenvalue weighted by atomic mass is 16.5. The summed E-state index contributed by atoms with van der Waals surface area (Å²) in [7, 11) is 0. The first-order chi connectivity index (χ1) is 12.2. The smallest absolute Gasteiger partial charge is 0.277 e. The van der Waals surface area contributed by atoms with E-state index >= 15 is 0 Å². The molecule has 1 amide bonds. The maximum atomic E-state index is 12.4. The number of benzene rings is 2. The van der Waals surface area contributed by atoms with Crippen molar-refractivity contribution in [3.63, 3.8) is 0 Å². The quantitative estimate of drug-likeness (QED) is 0.720. The van der Waals surface area contributed by atoms with Crippen molar-refractivity contribution in [1.82, 2.24) is 5.16 Å². The lowest BCUT2D eigenvalue weighted by Crippen LogP contribution is -2.12. The number of hydrogen-bond acceptors (Lipinski definition) is 4. The summed E-state index contributed by atoms with van der Waals surface area (Å²) in [6, 6.07) is 16.8. The lowest BCUT2D eigenvalue weighted by atomic mass is 10.2. The van der Waals surface area contributed by atoms with Crippen molar-refractivity contribution in [3.8, 4) is 11.5 Å². The van der Waals surface area contributed by atoms with Gasteiger partial charge in [0.1, 0.15) is 11.5 Å². The molecule has 1 aliphatic rings. The fraction of sp³-hybridized carbons (Fsp3) is 0.200. The molecule has 0 aliphatic heterocycles. The summed E-state index contributed by atoms with van der Waals surface area (Å²) in [6.07, 6.45) is 2.20. The Kier molecular flexibility index (Phi) is 3.98. The first-order valence-corrected chi connectivity index (χ1v) is 8.30. The number of nitrogens with zero attached hydrogens (tertiary/aromatic N) is 1. The molecule has 3 aromatic rings. The number of amides is 1. The molecule has 5 heteroatoms. The Morgan fingerprint density at radius 2 is 2.00 bits per heavy atom. The first-order valence-electron chi connectivity index (χ1n) is 8.30. The Labute approximate surface area is 145 Å². The number of carbonyl (C=O) groups excluding carboxylic acids is 1. The Balaban J connectivity index is 1.52. The van der Waals surface area contributed by atoms with E-state index in [0.717, 1.165) is 29.9 Å². The van der Waals surface area contributed by atoms with E-state index in [0.29, 0.717) is 17.4 Å². The van der Waals surface area contributed by atoms with Crippen molar-refractivity contribution in [2.24, 2.45) is 0 Å². The van der Waals surface area contributed by atoms with Crippen LogP contribution in [0.2, 0.25) is 0 Å². The molecule has 0 atom stereocenters. The molecule has 25 heavy (non-hydrogen) atoms. The molecule has 126 valence electrons. The van der Waals surface area contributed by atoms with E-state index in [9.17, 15) is 4.79 Å². The molecule has 0 saturated heterocycles. The van der Waals surface area contributed by atoms with Crippen LogP contribution in [0.3, 0.4) is 0 Å². The molecule has 1 saturated carbocycles. The molecule has 1 fully saturated rings. The van der Waals surface area contributed by atoms with Crippen LogP contribution in [0.5, 0.6) is 11.5 Å². The zero-order valence-corrected chi connectivity index (χ0v) is 13.9. The molecule has 4 rings (SSSR count). The predicted molar refractivity (Wildman–Crippen MR) is 94.1 cm³/mol. The third kappa shape index (κ3) is 3.55. The van der Waals surface area contributed by atoms with Gasteiger partial charge in [0.15, 0.2) is 11.4 Å². The van der Waals surface area contributed by atoms with Crippen LogP contribution in [0, 0.1) is 6.92 Å². The highest BCUT2D eigenvalue weighted by Gasteiger charge is 2.29. The summed E-state index contributed by atoms with van der Waals surface area (Å²) in [5.41, 5.74) is 1.98. The van der Waals surface area contributed by atoms with Crippen LogP contribution in [-0.2, 0) is 0 Å². The fourth-order valence-electron chi connectivity index (χ4n) is 2.61. The van der Waals surface area contributed by atoms with Gasteiger partial charge in [-0.1, -0.05) is 29.4 Å². The van der Waals surface area contributed by atoms with Gasteiger partial charge in [0.05, 0.1) is 5.69 Å². The van der Waals surface area contributed by atoms with Gasteiger partial charge in [-0.25, -0.2) is 0 Å². The van der Waals surface area contributed by atoms with Gasteiger partial charge in [0, 0.05) is 12.0 Å². The highest BCUT2D eigenvalue weighted by molar-refractivity contribution is 6.03. The zero-order valence-electron chi connectivity index (χ0n) is 13.9. The van der Waals surface area contributed by atoms with Crippen LogP contribution in [0.25, 0.3) is 0 Å². The Morgan fingerprint density at radius 3 is 2.80 bits per heavy atom. The molecule has 1 aromatic heterocycles. The highest BCUT2D eigenvalue weighted by Crippen LogP contribution is 2.40. The fourth-order valence-corrected chi connectivity index (χ4v) is 2.61. The van der Waals surface area contributed by atoms with Crippen LogP contribution in [0.4, 0.5) is 5.69 Å². The molecule has 0 spiro atoms. The maximum Gasteiger partial charge on any atom is 0.277 e. The predicted octanol–water partition coefficient (Wildman–Crippen LogP) is 4.91. The molecule has 5 nitrogen and oxygen atoms in total. The normalized spacial score (nSPS) is 13.5. The average molecular weight is 334 g/mol. The van der Waals surface area contributed by atoms with Gasteiger partial charge in [-0.05, 0) is 49.6 Å². The Morgan fingerprint density at radius 1 is 1.16 bits per heavy atom. The van der Waals surface area contributed by atoms with Gasteiger partial charge >= 0.3 is 0 Å². The summed E-state index contributed by atoms with van der Waals surface area (Å²) in [6.45, 7) is 2.00. The number of aromatic nitrogens is 1. The second kappa shape index (κ2) is 6.43. The summed E-state index contributed by atoms with van der Waals surface area (Å²) in [4.78, 5) is 12.4. The Bertz CT molecular complexity index is 913. The summed E-state index contributed by atoms with van der Waals surface area (Å²) < 4.78 is 11.2. The molecular weight excluding hydrogens is 316 g/mol. The van der Waals surface area contributed by atoms with Crippen molar-refractivity contribution in [2.45, 2.75) is 25.7 Å². The number of carbonyl (C=O) groups is 1. The minimum absolute atomic E-state index is 0.284. The number of aryl methyl sites for hydroxylation is 1. The van der Waals surface area contributed by atoms with Gasteiger partial charge < -0.3 is 14.6 Å². The van der Waals surface area contributed by atoms with E-state index in [1.54, 1.807) is 12.1 Å². The van der Waals surface area contributed by atoms with E-state index in [4.69, 9.17) is 9.26 Å². The second-order valence-electron chi connectivity index (χ2n) is 6.26. The topological polar surface area (TPSA) is 64.4 Å². The first kappa shape index (κ1) is 15.4. The van der Waals surface area contributed by atoms with Gasteiger partial charge in [0.25, 0.3) is 5.91 Å². The third-order valence-electron chi connectivity index (χ3n) is 4.09. The minimum Gasteiger partial charge on any atom is -0.455 e. The molecule has 1 aliphatic carbocycles. The van der Waals surface area contributed by atoms with Crippen LogP contribution in [0.1, 0.15) is 40.6 Å². The molecule has 1 N–H and O–H groups in total. The molecule has 0 bridgehead atoms. The number of anilines is 1. The standard InChI is InChI=1S/C20H18N2O3/c1-13-5-4-6-15(11-13)24-18-8-3-2-7-16(18)21-20(23)17-12-19(25-22-17)14-9-10-14/h2-8,11-12,14H,9-10H2,1H3,(H,21,23). The minimum atomic E-state index is -0.309. The summed E-state index contributed by atoms with van der Waals surface area (Å²) in [5, 5.41) is 6.72. The second-order valence-corrected chi connectivity index (χ2v) is 6.26. The Hall–Kier alpha value is -3.08. The zero-order chi connectivity index (χ0) is 17.2. The van der Waals surface area contributed by atoms with Crippen LogP contribution < -0.4 is 10.1 Å². The molecular formula is C20H18N2O3. The number of para-hydroxylation sites is 2. The van der Waals surface area contributed by atoms with Crippen LogP contribution >= 0.6 is 0 Å². The number of hydrogen-bond donors (Lipinski definition) is 1. The number of ether oxygens (including phenoxy) is 1. The lowest BCUT2D eigenvalue weighted by Gasteiger charge is -2.11. The maximum absolute atomic E-state index is 12.4. The molecule has 2 aromatic carbocycles. The van der Waals surface area contributed by atoms with Crippen molar-refractivity contribution < 1.29 is 14.1 Å². The van der Waals surface area contributed by atoms with Crippen LogP contribution in [0.15, 0.2) is 59.1 Å². The number of rotatable bonds is 5. The van der Waals surface area contributed by atoms with Gasteiger partial charge in [-0.3, -0.25) is 4.79 Å². The molecule has 0 unspecified atom stereocenters. The van der Waals surface area contributed by atoms with E-state index in [1.807, 2.05) is 49.4 Å². The van der Waals surface area contributed by atoms with Crippen molar-refractivity contribution >= 4 is 11.6 Å². The summed E-state index contributed by atoms with van der Waals surface area (Å²) >= 11 is 0. The van der Waals surface area contributed by atoms with E-state index in [2.05, 4.69) is 10.5 Å². The van der Waals surface area contributed by atoms with E-state index in [-0.39, 0.29) is 11.6 Å². The van der Waals surface area contributed by atoms with Gasteiger partial charge in [-0.2, -0.15) is 0 Å².